The third kappa shape index (κ3) is 8.66. The topological polar surface area (TPSA) is 20.3 Å². The normalized spacial score (nSPS) is 20.4. The third-order valence-corrected chi connectivity index (χ3v) is 7.67. The van der Waals surface area contributed by atoms with Gasteiger partial charge in [0, 0.05) is 27.8 Å². The Morgan fingerprint density at radius 1 is 1.00 bits per heavy atom. The van der Waals surface area contributed by atoms with Crippen LogP contribution in [0.4, 0.5) is 0 Å². The predicted octanol–water partition coefficient (Wildman–Crippen LogP) is 9.09. The van der Waals surface area contributed by atoms with Gasteiger partial charge in [-0.25, -0.2) is 0 Å². The van der Waals surface area contributed by atoms with Crippen LogP contribution in [-0.4, -0.2) is 28.4 Å². The van der Waals surface area contributed by atoms with E-state index in [0.717, 1.165) is 40.8 Å². The van der Waals surface area contributed by atoms with Crippen LogP contribution in [0.2, 0.25) is 10.0 Å². The summed E-state index contributed by atoms with van der Waals surface area (Å²) in [6.45, 7) is 10.1. The highest BCUT2D eigenvalue weighted by atomic mass is 35.5. The number of nitrogens with zero attached hydrogens (tertiary/aromatic N) is 1. The lowest BCUT2D eigenvalue weighted by Crippen LogP contribution is -2.50. The standard InChI is InChI=1S/C21H28ClNOS.C6H5Cl.C2H6/c1-3-5-17-10-13-19(15-8-11-18(22)12-9-15)23(21(17)24)20(14-25-4-2)16-6-7-16;7-6-4-2-1-3-5-6;1-2/h3,8-9,11-12,16-17,19-20H,1,4-7,10,13-14H2,2H3;1-5H;1-2H3/t17-,19?,20?;;/m0../s1. The lowest BCUT2D eigenvalue weighted by molar-refractivity contribution is -0.145. The molecule has 1 heterocycles. The zero-order valence-corrected chi connectivity index (χ0v) is 23.1. The number of piperidine rings is 1. The highest BCUT2D eigenvalue weighted by Crippen LogP contribution is 2.44. The van der Waals surface area contributed by atoms with Crippen molar-refractivity contribution < 1.29 is 4.79 Å². The van der Waals surface area contributed by atoms with Gasteiger partial charge in [0.2, 0.25) is 5.91 Å². The van der Waals surface area contributed by atoms with Gasteiger partial charge < -0.3 is 4.90 Å². The summed E-state index contributed by atoms with van der Waals surface area (Å²) in [5.74, 6) is 3.28. The Kier molecular flexibility index (Phi) is 13.2. The van der Waals surface area contributed by atoms with Crippen LogP contribution in [0.5, 0.6) is 0 Å². The maximum Gasteiger partial charge on any atom is 0.226 e. The minimum Gasteiger partial charge on any atom is -0.331 e. The fraction of sp³-hybridized carbons (Fsp3) is 0.483. The molecule has 1 saturated heterocycles. The Hall–Kier alpha value is -1.42. The van der Waals surface area contributed by atoms with Gasteiger partial charge in [0.15, 0.2) is 0 Å². The first-order valence-electron chi connectivity index (χ1n) is 12.5. The molecule has 0 radical (unpaired) electrons. The molecule has 2 nitrogen and oxygen atoms in total. The van der Waals surface area contributed by atoms with Crippen molar-refractivity contribution in [2.75, 3.05) is 11.5 Å². The van der Waals surface area contributed by atoms with E-state index >= 15 is 0 Å². The molecule has 1 aliphatic carbocycles. The van der Waals surface area contributed by atoms with Crippen LogP contribution < -0.4 is 0 Å². The molecule has 0 aromatic heterocycles. The average molecular weight is 521 g/mol. The Morgan fingerprint density at radius 3 is 2.12 bits per heavy atom. The maximum atomic E-state index is 13.3. The van der Waals surface area contributed by atoms with E-state index in [2.05, 4.69) is 30.5 Å². The van der Waals surface area contributed by atoms with Crippen LogP contribution in [0.15, 0.2) is 67.3 Å². The molecule has 2 fully saturated rings. The molecule has 4 rings (SSSR count). The Balaban J connectivity index is 0.000000384. The lowest BCUT2D eigenvalue weighted by atomic mass is 9.85. The quantitative estimate of drug-likeness (QED) is 0.324. The van der Waals surface area contributed by atoms with E-state index < -0.39 is 0 Å². The van der Waals surface area contributed by atoms with E-state index in [1.807, 2.05) is 74.1 Å². The van der Waals surface area contributed by atoms with Gasteiger partial charge in [0.25, 0.3) is 0 Å². The molecule has 0 bridgehead atoms. The smallest absolute Gasteiger partial charge is 0.226 e. The molecule has 0 spiro atoms. The lowest BCUT2D eigenvalue weighted by Gasteiger charge is -2.44. The molecule has 2 aliphatic rings. The number of hydrogen-bond acceptors (Lipinski definition) is 2. The number of benzene rings is 2. The summed E-state index contributed by atoms with van der Waals surface area (Å²) in [6, 6.07) is 18.1. The monoisotopic (exact) mass is 519 g/mol. The molecule has 1 saturated carbocycles. The van der Waals surface area contributed by atoms with Crippen LogP contribution >= 0.6 is 35.0 Å². The molecular formula is C29H39Cl2NOS. The number of halogens is 2. The van der Waals surface area contributed by atoms with Crippen LogP contribution in [0.25, 0.3) is 0 Å². The van der Waals surface area contributed by atoms with Gasteiger partial charge in [-0.1, -0.05) is 80.4 Å². The molecule has 186 valence electrons. The first kappa shape index (κ1) is 28.8. The number of allylic oxidation sites excluding steroid dienone is 1. The van der Waals surface area contributed by atoms with Crippen molar-refractivity contribution in [1.29, 1.82) is 0 Å². The first-order valence-corrected chi connectivity index (χ1v) is 14.4. The van der Waals surface area contributed by atoms with E-state index in [-0.39, 0.29) is 12.0 Å². The zero-order chi connectivity index (χ0) is 24.9. The van der Waals surface area contributed by atoms with Gasteiger partial charge >= 0.3 is 0 Å². The van der Waals surface area contributed by atoms with E-state index in [1.54, 1.807) is 0 Å². The van der Waals surface area contributed by atoms with E-state index in [0.29, 0.717) is 17.9 Å². The van der Waals surface area contributed by atoms with Gasteiger partial charge in [-0.2, -0.15) is 11.8 Å². The molecular weight excluding hydrogens is 481 g/mol. The van der Waals surface area contributed by atoms with Crippen molar-refractivity contribution in [2.24, 2.45) is 11.8 Å². The Bertz CT molecular complexity index is 854. The minimum atomic E-state index is 0.105. The van der Waals surface area contributed by atoms with Crippen molar-refractivity contribution >= 4 is 40.9 Å². The van der Waals surface area contributed by atoms with Crippen LogP contribution in [0.3, 0.4) is 0 Å². The summed E-state index contributed by atoms with van der Waals surface area (Å²) in [4.78, 5) is 15.6. The van der Waals surface area contributed by atoms with E-state index in [4.69, 9.17) is 23.2 Å². The largest absolute Gasteiger partial charge is 0.331 e. The number of carbonyl (C=O) groups is 1. The number of rotatable bonds is 8. The van der Waals surface area contributed by atoms with Crippen LogP contribution in [0.1, 0.15) is 64.5 Å². The summed E-state index contributed by atoms with van der Waals surface area (Å²) in [7, 11) is 0. The number of likely N-dealkylation sites (tertiary alicyclic amines) is 1. The fourth-order valence-electron chi connectivity index (χ4n) is 4.39. The highest BCUT2D eigenvalue weighted by molar-refractivity contribution is 7.99. The molecule has 2 aromatic carbocycles. The zero-order valence-electron chi connectivity index (χ0n) is 20.8. The minimum absolute atomic E-state index is 0.105. The van der Waals surface area contributed by atoms with Crippen molar-refractivity contribution in [2.45, 2.75) is 65.0 Å². The molecule has 2 aromatic rings. The number of hydrogen-bond donors (Lipinski definition) is 0. The SMILES string of the molecule is C=CC[C@H]1CCC(c2ccc(Cl)cc2)N(C(CSCC)C2CC2)C1=O.CC.Clc1ccccc1. The molecule has 3 atom stereocenters. The van der Waals surface area contributed by atoms with E-state index in [9.17, 15) is 4.79 Å². The predicted molar refractivity (Wildman–Crippen MR) is 151 cm³/mol. The summed E-state index contributed by atoms with van der Waals surface area (Å²) in [5, 5.41) is 1.55. The van der Waals surface area contributed by atoms with Crippen LogP contribution in [0, 0.1) is 11.8 Å². The summed E-state index contributed by atoms with van der Waals surface area (Å²) < 4.78 is 0. The first-order chi connectivity index (χ1) is 16.5. The second kappa shape index (κ2) is 15.5. The van der Waals surface area contributed by atoms with Crippen LogP contribution in [-0.2, 0) is 4.79 Å². The van der Waals surface area contributed by atoms with E-state index in [1.165, 1.54) is 18.4 Å². The van der Waals surface area contributed by atoms with Gasteiger partial charge in [-0.15, -0.1) is 6.58 Å². The Morgan fingerprint density at radius 2 is 1.62 bits per heavy atom. The molecule has 1 aliphatic heterocycles. The Labute approximate surface area is 221 Å². The van der Waals surface area contributed by atoms with Gasteiger partial charge in [-0.05, 0) is 73.6 Å². The summed E-state index contributed by atoms with van der Waals surface area (Å²) in [6.07, 6.45) is 7.20. The molecule has 34 heavy (non-hydrogen) atoms. The average Bonchev–Trinajstić information content (AvgIpc) is 3.70. The summed E-state index contributed by atoms with van der Waals surface area (Å²) in [5.41, 5.74) is 1.22. The number of amides is 1. The second-order valence-electron chi connectivity index (χ2n) is 8.47. The summed E-state index contributed by atoms with van der Waals surface area (Å²) >= 11 is 13.6. The van der Waals surface area contributed by atoms with Crippen molar-refractivity contribution in [3.8, 4) is 0 Å². The number of thioether (sulfide) groups is 1. The van der Waals surface area contributed by atoms with Gasteiger partial charge in [-0.3, -0.25) is 4.79 Å². The molecule has 2 unspecified atom stereocenters. The second-order valence-corrected chi connectivity index (χ2v) is 10.7. The van der Waals surface area contributed by atoms with Crippen molar-refractivity contribution in [3.63, 3.8) is 0 Å². The van der Waals surface area contributed by atoms with Crippen molar-refractivity contribution in [3.05, 3.63) is 82.9 Å². The van der Waals surface area contributed by atoms with Gasteiger partial charge in [0.1, 0.15) is 0 Å². The third-order valence-electron chi connectivity index (χ3n) is 6.18. The fourth-order valence-corrected chi connectivity index (χ4v) is 5.57. The van der Waals surface area contributed by atoms with Gasteiger partial charge in [0.05, 0.1) is 6.04 Å². The highest BCUT2D eigenvalue weighted by Gasteiger charge is 2.44. The van der Waals surface area contributed by atoms with Crippen molar-refractivity contribution in [1.82, 2.24) is 4.90 Å². The maximum absolute atomic E-state index is 13.3. The number of carbonyl (C=O) groups excluding carboxylic acids is 1. The molecule has 5 heteroatoms. The molecule has 1 amide bonds. The molecule has 0 N–H and O–H groups in total.